The highest BCUT2D eigenvalue weighted by Gasteiger charge is 2.34. The number of methoxy groups -OCH3 is 2. The van der Waals surface area contributed by atoms with Gasteiger partial charge in [0.25, 0.3) is 0 Å². The maximum Gasteiger partial charge on any atom is 0.322 e. The number of rotatable bonds is 4. The van der Waals surface area contributed by atoms with E-state index < -0.39 is 0 Å². The third kappa shape index (κ3) is 3.63. The summed E-state index contributed by atoms with van der Waals surface area (Å²) in [6.45, 7) is 1.20. The molecule has 0 radical (unpaired) electrons. The number of nitrogens with zero attached hydrogens (tertiary/aromatic N) is 2. The normalized spacial score (nSPS) is 15.6. The maximum absolute atomic E-state index is 13.2. The molecule has 1 aliphatic rings. The first kappa shape index (κ1) is 18.9. The number of nitrogens with one attached hydrogen (secondary N) is 1. The number of amides is 2. The van der Waals surface area contributed by atoms with Crippen molar-refractivity contribution in [3.05, 3.63) is 77.9 Å². The average molecular weight is 395 g/mol. The summed E-state index contributed by atoms with van der Waals surface area (Å²) in [5.74, 6) is 1.01. The molecule has 0 unspecified atom stereocenters. The number of carbonyl (C=O) groups is 1. The first-order valence-electron chi connectivity index (χ1n) is 9.31. The molecule has 0 saturated heterocycles. The fourth-order valence-electron chi connectivity index (χ4n) is 3.71. The highest BCUT2D eigenvalue weighted by atomic mass is 19.1. The summed E-state index contributed by atoms with van der Waals surface area (Å²) in [4.78, 5) is 14.9. The Kier molecular flexibility index (Phi) is 5.12. The van der Waals surface area contributed by atoms with Crippen molar-refractivity contribution in [1.29, 1.82) is 0 Å². The van der Waals surface area contributed by atoms with Crippen LogP contribution < -0.4 is 14.8 Å². The maximum atomic E-state index is 13.2. The summed E-state index contributed by atoms with van der Waals surface area (Å²) < 4.78 is 26.3. The zero-order valence-electron chi connectivity index (χ0n) is 16.3. The summed E-state index contributed by atoms with van der Waals surface area (Å²) in [5.41, 5.74) is 2.35. The van der Waals surface area contributed by atoms with Crippen LogP contribution in [0, 0.1) is 5.82 Å². The van der Waals surface area contributed by atoms with E-state index in [0.29, 0.717) is 30.3 Å². The van der Waals surface area contributed by atoms with Crippen molar-refractivity contribution >= 4 is 11.7 Å². The van der Waals surface area contributed by atoms with Crippen LogP contribution in [0.5, 0.6) is 11.5 Å². The molecule has 1 aromatic heterocycles. The largest absolute Gasteiger partial charge is 0.497 e. The van der Waals surface area contributed by atoms with E-state index in [1.165, 1.54) is 12.1 Å². The Hall–Kier alpha value is -3.48. The molecule has 0 fully saturated rings. The molecule has 1 atom stereocenters. The third-order valence-electron chi connectivity index (χ3n) is 5.13. The topological polar surface area (TPSA) is 55.7 Å². The second kappa shape index (κ2) is 7.87. The van der Waals surface area contributed by atoms with Crippen molar-refractivity contribution in [2.45, 2.75) is 12.6 Å². The van der Waals surface area contributed by atoms with Crippen molar-refractivity contribution in [3.8, 4) is 11.5 Å². The average Bonchev–Trinajstić information content (AvgIpc) is 3.23. The number of hydrogen-bond acceptors (Lipinski definition) is 3. The van der Waals surface area contributed by atoms with E-state index in [-0.39, 0.29) is 17.9 Å². The van der Waals surface area contributed by atoms with Crippen molar-refractivity contribution < 1.29 is 18.7 Å². The number of ether oxygens (including phenoxy) is 2. The molecular weight excluding hydrogens is 373 g/mol. The number of fused-ring (bicyclic) bond motifs is 1. The van der Waals surface area contributed by atoms with Crippen LogP contribution in [0.2, 0.25) is 0 Å². The lowest BCUT2D eigenvalue weighted by molar-refractivity contribution is 0.180. The summed E-state index contributed by atoms with van der Waals surface area (Å²) in [5, 5.41) is 2.87. The monoisotopic (exact) mass is 395 g/mol. The fraction of sp³-hybridized carbons (Fsp3) is 0.227. The molecule has 2 heterocycles. The molecule has 6 nitrogen and oxygen atoms in total. The number of aromatic nitrogens is 1. The predicted molar refractivity (Wildman–Crippen MR) is 108 cm³/mol. The summed E-state index contributed by atoms with van der Waals surface area (Å²) in [6.07, 6.45) is 2.00. The Morgan fingerprint density at radius 3 is 2.59 bits per heavy atom. The van der Waals surface area contributed by atoms with Gasteiger partial charge in [0.1, 0.15) is 23.4 Å². The SMILES string of the molecule is COc1ccc(OC)c([C@@H]2c3cccn3CCN2C(=O)Nc2ccc(F)cc2)c1. The molecule has 7 heteroatoms. The molecule has 0 spiro atoms. The number of carbonyl (C=O) groups excluding carboxylic acids is 1. The van der Waals surface area contributed by atoms with Crippen LogP contribution in [0.1, 0.15) is 17.3 Å². The molecule has 4 rings (SSSR count). The fourth-order valence-corrected chi connectivity index (χ4v) is 3.71. The van der Waals surface area contributed by atoms with Crippen molar-refractivity contribution in [3.63, 3.8) is 0 Å². The van der Waals surface area contributed by atoms with Gasteiger partial charge in [0.2, 0.25) is 0 Å². The van der Waals surface area contributed by atoms with Crippen molar-refractivity contribution in [1.82, 2.24) is 9.47 Å². The summed E-state index contributed by atoms with van der Waals surface area (Å²) >= 11 is 0. The Bertz CT molecular complexity index is 1020. The van der Waals surface area contributed by atoms with Gasteiger partial charge in [0, 0.05) is 36.2 Å². The number of anilines is 1. The summed E-state index contributed by atoms with van der Waals surface area (Å²) in [7, 11) is 3.21. The van der Waals surface area contributed by atoms with Crippen LogP contribution in [0.3, 0.4) is 0 Å². The number of benzene rings is 2. The minimum atomic E-state index is -0.357. The lowest BCUT2D eigenvalue weighted by Crippen LogP contribution is -2.44. The molecule has 3 aromatic rings. The first-order valence-corrected chi connectivity index (χ1v) is 9.31. The quantitative estimate of drug-likeness (QED) is 0.717. The Morgan fingerprint density at radius 1 is 1.07 bits per heavy atom. The first-order chi connectivity index (χ1) is 14.1. The van der Waals surface area contributed by atoms with Gasteiger partial charge in [-0.05, 0) is 54.6 Å². The predicted octanol–water partition coefficient (Wildman–Crippen LogP) is 4.28. The van der Waals surface area contributed by atoms with Gasteiger partial charge >= 0.3 is 6.03 Å². The molecule has 1 aliphatic heterocycles. The van der Waals surface area contributed by atoms with E-state index in [1.807, 2.05) is 36.5 Å². The molecule has 2 aromatic carbocycles. The molecule has 0 saturated carbocycles. The van der Waals surface area contributed by atoms with Gasteiger partial charge in [0.15, 0.2) is 0 Å². The van der Waals surface area contributed by atoms with E-state index in [9.17, 15) is 9.18 Å². The molecule has 2 amide bonds. The standard InChI is InChI=1S/C22H22FN3O3/c1-28-17-9-10-20(29-2)18(14-17)21-19-4-3-11-25(19)12-13-26(21)22(27)24-16-7-5-15(23)6-8-16/h3-11,14,21H,12-13H2,1-2H3,(H,24,27)/t21-/m1/s1. The molecule has 150 valence electrons. The Morgan fingerprint density at radius 2 is 1.86 bits per heavy atom. The number of halogens is 1. The van der Waals surface area contributed by atoms with Crippen LogP contribution >= 0.6 is 0 Å². The van der Waals surface area contributed by atoms with E-state index in [1.54, 1.807) is 31.3 Å². The Balaban J connectivity index is 1.73. The van der Waals surface area contributed by atoms with Crippen LogP contribution in [0.15, 0.2) is 60.8 Å². The van der Waals surface area contributed by atoms with E-state index in [4.69, 9.17) is 9.47 Å². The third-order valence-corrected chi connectivity index (χ3v) is 5.13. The molecule has 29 heavy (non-hydrogen) atoms. The zero-order valence-corrected chi connectivity index (χ0v) is 16.3. The lowest BCUT2D eigenvalue weighted by atomic mass is 9.98. The van der Waals surface area contributed by atoms with E-state index in [0.717, 1.165) is 11.3 Å². The van der Waals surface area contributed by atoms with Gasteiger partial charge in [-0.1, -0.05) is 0 Å². The van der Waals surface area contributed by atoms with Crippen LogP contribution in [0.25, 0.3) is 0 Å². The van der Waals surface area contributed by atoms with Crippen LogP contribution in [0.4, 0.5) is 14.9 Å². The van der Waals surface area contributed by atoms with Gasteiger partial charge < -0.3 is 24.3 Å². The van der Waals surface area contributed by atoms with Gasteiger partial charge in [-0.25, -0.2) is 9.18 Å². The van der Waals surface area contributed by atoms with Crippen molar-refractivity contribution in [2.75, 3.05) is 26.1 Å². The summed E-state index contributed by atoms with van der Waals surface area (Å²) in [6, 6.07) is 14.6. The van der Waals surface area contributed by atoms with Gasteiger partial charge in [0.05, 0.1) is 14.2 Å². The van der Waals surface area contributed by atoms with Crippen LogP contribution in [-0.2, 0) is 6.54 Å². The lowest BCUT2D eigenvalue weighted by Gasteiger charge is -2.37. The highest BCUT2D eigenvalue weighted by Crippen LogP contribution is 2.39. The molecule has 0 aliphatic carbocycles. The van der Waals surface area contributed by atoms with Crippen molar-refractivity contribution in [2.24, 2.45) is 0 Å². The second-order valence-electron chi connectivity index (χ2n) is 6.77. The van der Waals surface area contributed by atoms with Crippen LogP contribution in [-0.4, -0.2) is 36.3 Å². The zero-order chi connectivity index (χ0) is 20.4. The Labute approximate surface area is 168 Å². The molecular formula is C22H22FN3O3. The van der Waals surface area contributed by atoms with E-state index in [2.05, 4.69) is 9.88 Å². The molecule has 1 N–H and O–H groups in total. The van der Waals surface area contributed by atoms with Gasteiger partial charge in [-0.15, -0.1) is 0 Å². The minimum Gasteiger partial charge on any atom is -0.497 e. The van der Waals surface area contributed by atoms with Gasteiger partial charge in [-0.2, -0.15) is 0 Å². The highest BCUT2D eigenvalue weighted by molar-refractivity contribution is 5.90. The number of hydrogen-bond donors (Lipinski definition) is 1. The molecule has 0 bridgehead atoms. The second-order valence-corrected chi connectivity index (χ2v) is 6.77. The van der Waals surface area contributed by atoms with Gasteiger partial charge in [-0.3, -0.25) is 0 Å². The van der Waals surface area contributed by atoms with E-state index >= 15 is 0 Å². The minimum absolute atomic E-state index is 0.265. The number of urea groups is 1. The smallest absolute Gasteiger partial charge is 0.322 e.